The molecule has 0 bridgehead atoms. The number of rotatable bonds is 2. The Balaban J connectivity index is 2.56. The van der Waals surface area contributed by atoms with Gasteiger partial charge in [0, 0.05) is 0 Å². The Morgan fingerprint density at radius 3 is 2.47 bits per heavy atom. The first kappa shape index (κ1) is 12.6. The predicted octanol–water partition coefficient (Wildman–Crippen LogP) is 3.97. The summed E-state index contributed by atoms with van der Waals surface area (Å²) in [5.41, 5.74) is 6.73. The summed E-state index contributed by atoms with van der Waals surface area (Å²) in [4.78, 5) is 8.67. The number of halogens is 2. The molecule has 0 atom stereocenters. The SMILES string of the molecule is CC(C)c1nc(-c2ccc(Br)o2)nc(N)c1Br. The molecule has 0 aliphatic rings. The lowest BCUT2D eigenvalue weighted by atomic mass is 10.1. The zero-order chi connectivity index (χ0) is 12.6. The van der Waals surface area contributed by atoms with Gasteiger partial charge in [-0.2, -0.15) is 0 Å². The molecule has 0 aromatic carbocycles. The van der Waals surface area contributed by atoms with Gasteiger partial charge in [-0.1, -0.05) is 13.8 Å². The molecule has 0 aliphatic carbocycles. The number of hydrogen-bond acceptors (Lipinski definition) is 4. The molecule has 2 aromatic heterocycles. The number of aromatic nitrogens is 2. The monoisotopic (exact) mass is 359 g/mol. The van der Waals surface area contributed by atoms with Crippen molar-refractivity contribution in [2.45, 2.75) is 19.8 Å². The van der Waals surface area contributed by atoms with E-state index in [0.29, 0.717) is 22.1 Å². The van der Waals surface area contributed by atoms with Crippen LogP contribution in [-0.4, -0.2) is 9.97 Å². The van der Waals surface area contributed by atoms with Crippen LogP contribution in [0.2, 0.25) is 0 Å². The number of furan rings is 1. The molecule has 0 aliphatic heterocycles. The molecule has 17 heavy (non-hydrogen) atoms. The molecule has 2 rings (SSSR count). The van der Waals surface area contributed by atoms with E-state index in [9.17, 15) is 0 Å². The van der Waals surface area contributed by atoms with Gasteiger partial charge >= 0.3 is 0 Å². The molecular formula is C11H11Br2N3O. The summed E-state index contributed by atoms with van der Waals surface area (Å²) in [6.07, 6.45) is 0. The van der Waals surface area contributed by atoms with E-state index < -0.39 is 0 Å². The average Bonchev–Trinajstić information content (AvgIpc) is 2.68. The molecule has 2 heterocycles. The molecule has 6 heteroatoms. The standard InChI is InChI=1S/C11H11Br2N3O/c1-5(2)9-8(13)10(14)16-11(15-9)6-3-4-7(12)17-6/h3-5H,1-2H3,(H2,14,15,16). The minimum atomic E-state index is 0.256. The molecule has 90 valence electrons. The number of nitrogens with two attached hydrogens (primary N) is 1. The van der Waals surface area contributed by atoms with Crippen LogP contribution in [0.4, 0.5) is 5.82 Å². The second-order valence-corrected chi connectivity index (χ2v) is 5.46. The van der Waals surface area contributed by atoms with Gasteiger partial charge in [-0.3, -0.25) is 0 Å². The topological polar surface area (TPSA) is 64.9 Å². The normalized spacial score (nSPS) is 11.1. The van der Waals surface area contributed by atoms with Crippen molar-refractivity contribution < 1.29 is 4.42 Å². The first-order chi connectivity index (χ1) is 7.99. The lowest BCUT2D eigenvalue weighted by molar-refractivity contribution is 0.550. The summed E-state index contributed by atoms with van der Waals surface area (Å²) in [6.45, 7) is 4.10. The van der Waals surface area contributed by atoms with Crippen molar-refractivity contribution in [1.82, 2.24) is 9.97 Å². The third kappa shape index (κ3) is 2.52. The molecule has 0 fully saturated rings. The zero-order valence-electron chi connectivity index (χ0n) is 9.37. The van der Waals surface area contributed by atoms with Gasteiger partial charge in [-0.25, -0.2) is 9.97 Å². The minimum absolute atomic E-state index is 0.256. The Labute approximate surface area is 116 Å². The van der Waals surface area contributed by atoms with E-state index in [1.54, 1.807) is 12.1 Å². The fourth-order valence-electron chi connectivity index (χ4n) is 1.41. The number of anilines is 1. The van der Waals surface area contributed by atoms with Crippen LogP contribution in [0, 0.1) is 0 Å². The Hall–Kier alpha value is -0.880. The van der Waals surface area contributed by atoms with Gasteiger partial charge in [0.2, 0.25) is 0 Å². The second kappa shape index (κ2) is 4.78. The molecule has 0 saturated heterocycles. The molecule has 2 N–H and O–H groups in total. The summed E-state index contributed by atoms with van der Waals surface area (Å²) < 4.78 is 6.81. The maximum atomic E-state index is 5.85. The van der Waals surface area contributed by atoms with E-state index in [-0.39, 0.29) is 5.92 Å². The van der Waals surface area contributed by atoms with Gasteiger partial charge in [0.05, 0.1) is 10.2 Å². The van der Waals surface area contributed by atoms with Crippen molar-refractivity contribution in [1.29, 1.82) is 0 Å². The molecule has 2 aromatic rings. The highest BCUT2D eigenvalue weighted by atomic mass is 79.9. The van der Waals surface area contributed by atoms with Gasteiger partial charge in [-0.05, 0) is 49.9 Å². The third-order valence-corrected chi connectivity index (χ3v) is 3.48. The van der Waals surface area contributed by atoms with E-state index in [2.05, 4.69) is 41.8 Å². The van der Waals surface area contributed by atoms with Crippen LogP contribution in [0.25, 0.3) is 11.6 Å². The van der Waals surface area contributed by atoms with Crippen molar-refractivity contribution in [2.24, 2.45) is 0 Å². The van der Waals surface area contributed by atoms with E-state index in [4.69, 9.17) is 10.2 Å². The number of hydrogen-bond donors (Lipinski definition) is 1. The largest absolute Gasteiger partial charge is 0.446 e. The van der Waals surface area contributed by atoms with Crippen molar-refractivity contribution in [3.63, 3.8) is 0 Å². The summed E-state index contributed by atoms with van der Waals surface area (Å²) in [5, 5.41) is 0. The maximum Gasteiger partial charge on any atom is 0.197 e. The highest BCUT2D eigenvalue weighted by Gasteiger charge is 2.15. The van der Waals surface area contributed by atoms with Gasteiger partial charge < -0.3 is 10.2 Å². The summed E-state index contributed by atoms with van der Waals surface area (Å²) in [6, 6.07) is 3.60. The van der Waals surface area contributed by atoms with Gasteiger partial charge in [0.15, 0.2) is 16.3 Å². The van der Waals surface area contributed by atoms with Crippen LogP contribution in [0.3, 0.4) is 0 Å². The Morgan fingerprint density at radius 2 is 1.94 bits per heavy atom. The van der Waals surface area contributed by atoms with Crippen LogP contribution in [0.15, 0.2) is 25.7 Å². The van der Waals surface area contributed by atoms with E-state index >= 15 is 0 Å². The maximum absolute atomic E-state index is 5.85. The Bertz CT molecular complexity index is 552. The molecule has 0 amide bonds. The van der Waals surface area contributed by atoms with Crippen LogP contribution >= 0.6 is 31.9 Å². The van der Waals surface area contributed by atoms with Gasteiger partial charge in [0.25, 0.3) is 0 Å². The summed E-state index contributed by atoms with van der Waals surface area (Å²) >= 11 is 6.65. The number of nitrogen functional groups attached to an aromatic ring is 1. The Morgan fingerprint density at radius 1 is 1.24 bits per heavy atom. The third-order valence-electron chi connectivity index (χ3n) is 2.24. The van der Waals surface area contributed by atoms with Gasteiger partial charge in [-0.15, -0.1) is 0 Å². The average molecular weight is 361 g/mol. The van der Waals surface area contributed by atoms with Crippen LogP contribution < -0.4 is 5.73 Å². The fourth-order valence-corrected chi connectivity index (χ4v) is 2.35. The number of nitrogens with zero attached hydrogens (tertiary/aromatic N) is 2. The predicted molar refractivity (Wildman–Crippen MR) is 73.6 cm³/mol. The van der Waals surface area contributed by atoms with Crippen molar-refractivity contribution >= 4 is 37.7 Å². The highest BCUT2D eigenvalue weighted by Crippen LogP contribution is 2.30. The summed E-state index contributed by atoms with van der Waals surface area (Å²) in [7, 11) is 0. The first-order valence-corrected chi connectivity index (χ1v) is 6.66. The van der Waals surface area contributed by atoms with Crippen LogP contribution in [-0.2, 0) is 0 Å². The van der Waals surface area contributed by atoms with Crippen molar-refractivity contribution in [2.75, 3.05) is 5.73 Å². The molecule has 4 nitrogen and oxygen atoms in total. The first-order valence-electron chi connectivity index (χ1n) is 5.07. The van der Waals surface area contributed by atoms with Gasteiger partial charge in [0.1, 0.15) is 5.82 Å². The molecule has 0 saturated carbocycles. The lowest BCUT2D eigenvalue weighted by Crippen LogP contribution is -2.03. The lowest BCUT2D eigenvalue weighted by Gasteiger charge is -2.10. The van der Waals surface area contributed by atoms with E-state index in [1.165, 1.54) is 0 Å². The van der Waals surface area contributed by atoms with E-state index in [0.717, 1.165) is 10.2 Å². The minimum Gasteiger partial charge on any atom is -0.446 e. The smallest absolute Gasteiger partial charge is 0.197 e. The molecular weight excluding hydrogens is 350 g/mol. The van der Waals surface area contributed by atoms with Crippen molar-refractivity contribution in [3.8, 4) is 11.6 Å². The summed E-state index contributed by atoms with van der Waals surface area (Å²) in [5.74, 6) is 1.77. The fraction of sp³-hybridized carbons (Fsp3) is 0.273. The highest BCUT2D eigenvalue weighted by molar-refractivity contribution is 9.10. The van der Waals surface area contributed by atoms with Crippen LogP contribution in [0.1, 0.15) is 25.5 Å². The second-order valence-electron chi connectivity index (χ2n) is 3.89. The zero-order valence-corrected chi connectivity index (χ0v) is 12.5. The van der Waals surface area contributed by atoms with Crippen molar-refractivity contribution in [3.05, 3.63) is 27.0 Å². The quantitative estimate of drug-likeness (QED) is 0.879. The van der Waals surface area contributed by atoms with Crippen LogP contribution in [0.5, 0.6) is 0 Å². The Kier molecular flexibility index (Phi) is 3.53. The molecule has 0 unspecified atom stereocenters. The van der Waals surface area contributed by atoms with E-state index in [1.807, 2.05) is 13.8 Å². The molecule has 0 radical (unpaired) electrons. The molecule has 0 spiro atoms.